The van der Waals surface area contributed by atoms with E-state index >= 15 is 0 Å². The van der Waals surface area contributed by atoms with Crippen molar-refractivity contribution in [1.82, 2.24) is 15.1 Å². The summed E-state index contributed by atoms with van der Waals surface area (Å²) in [4.78, 5) is 24.6. The Morgan fingerprint density at radius 1 is 1.13 bits per heavy atom. The van der Waals surface area contributed by atoms with Crippen LogP contribution in [0.15, 0.2) is 35.9 Å². The predicted molar refractivity (Wildman–Crippen MR) is 116 cm³/mol. The van der Waals surface area contributed by atoms with Crippen molar-refractivity contribution in [2.45, 2.75) is 59.4 Å². The number of nitrogens with zero attached hydrogens (tertiary/aromatic N) is 2. The highest BCUT2D eigenvalue weighted by molar-refractivity contribution is 5.93. The molecule has 160 valence electrons. The van der Waals surface area contributed by atoms with Gasteiger partial charge < -0.3 is 10.1 Å². The first-order valence-corrected chi connectivity index (χ1v) is 10.7. The molecule has 0 radical (unpaired) electrons. The normalized spacial score (nSPS) is 13.6. The van der Waals surface area contributed by atoms with E-state index in [1.54, 1.807) is 11.6 Å². The molecule has 1 N–H and O–H groups in total. The number of carbonyl (C=O) groups excluding carboxylic acids is 2. The zero-order chi connectivity index (χ0) is 21.5. The minimum Gasteiger partial charge on any atom is -0.452 e. The molecule has 0 atom stereocenters. The van der Waals surface area contributed by atoms with Crippen LogP contribution in [0.5, 0.6) is 0 Å². The SMILES string of the molecule is Cc1ccc(Cn2nc(C)c(C(=O)OCC(=O)NCCC3=CCCCC3)c2C)cc1. The van der Waals surface area contributed by atoms with E-state index in [-0.39, 0.29) is 12.5 Å². The molecule has 30 heavy (non-hydrogen) atoms. The molecular formula is C24H31N3O3. The molecule has 3 rings (SSSR count). The number of nitrogens with one attached hydrogen (secondary N) is 1. The van der Waals surface area contributed by atoms with Gasteiger partial charge in [0, 0.05) is 6.54 Å². The number of allylic oxidation sites excluding steroid dienone is 1. The number of hydrogen-bond donors (Lipinski definition) is 1. The van der Waals surface area contributed by atoms with Crippen LogP contribution in [-0.2, 0) is 16.1 Å². The molecule has 6 nitrogen and oxygen atoms in total. The monoisotopic (exact) mass is 409 g/mol. The van der Waals surface area contributed by atoms with Crippen LogP contribution in [0.1, 0.15) is 65.0 Å². The summed E-state index contributed by atoms with van der Waals surface area (Å²) < 4.78 is 7.05. The maximum Gasteiger partial charge on any atom is 0.342 e. The summed E-state index contributed by atoms with van der Waals surface area (Å²) in [6, 6.07) is 8.22. The van der Waals surface area contributed by atoms with Gasteiger partial charge in [-0.15, -0.1) is 0 Å². The summed E-state index contributed by atoms with van der Waals surface area (Å²) in [6.07, 6.45) is 7.88. The van der Waals surface area contributed by atoms with Gasteiger partial charge in [0.2, 0.25) is 0 Å². The molecule has 0 aliphatic heterocycles. The first-order chi connectivity index (χ1) is 14.4. The number of ether oxygens (including phenoxy) is 1. The number of hydrogen-bond acceptors (Lipinski definition) is 4. The lowest BCUT2D eigenvalue weighted by Gasteiger charge is -2.13. The summed E-state index contributed by atoms with van der Waals surface area (Å²) in [5.74, 6) is -0.785. The van der Waals surface area contributed by atoms with Gasteiger partial charge in [0.1, 0.15) is 5.56 Å². The molecule has 1 heterocycles. The fourth-order valence-electron chi connectivity index (χ4n) is 3.76. The van der Waals surface area contributed by atoms with Crippen molar-refractivity contribution in [3.05, 3.63) is 64.0 Å². The molecule has 1 aromatic heterocycles. The summed E-state index contributed by atoms with van der Waals surface area (Å²) in [5.41, 5.74) is 5.49. The van der Waals surface area contributed by atoms with E-state index in [1.807, 2.05) is 13.8 Å². The molecule has 0 saturated heterocycles. The summed E-state index contributed by atoms with van der Waals surface area (Å²) in [6.45, 7) is 6.56. The molecule has 1 aliphatic carbocycles. The quantitative estimate of drug-likeness (QED) is 0.528. The Morgan fingerprint density at radius 2 is 1.90 bits per heavy atom. The zero-order valence-corrected chi connectivity index (χ0v) is 18.2. The number of carbonyl (C=O) groups is 2. The van der Waals surface area contributed by atoms with Crippen molar-refractivity contribution < 1.29 is 14.3 Å². The van der Waals surface area contributed by atoms with E-state index in [2.05, 4.69) is 40.8 Å². The van der Waals surface area contributed by atoms with Crippen LogP contribution in [-0.4, -0.2) is 34.8 Å². The van der Waals surface area contributed by atoms with Gasteiger partial charge in [0.15, 0.2) is 6.61 Å². The van der Waals surface area contributed by atoms with Crippen LogP contribution >= 0.6 is 0 Å². The molecule has 0 fully saturated rings. The van der Waals surface area contributed by atoms with Crippen LogP contribution < -0.4 is 5.32 Å². The van der Waals surface area contributed by atoms with Gasteiger partial charge in [0.25, 0.3) is 5.91 Å². The van der Waals surface area contributed by atoms with Crippen molar-refractivity contribution in [2.75, 3.05) is 13.2 Å². The summed E-state index contributed by atoms with van der Waals surface area (Å²) in [5, 5.41) is 7.32. The average Bonchev–Trinajstić information content (AvgIpc) is 3.01. The van der Waals surface area contributed by atoms with Crippen molar-refractivity contribution >= 4 is 11.9 Å². The third-order valence-electron chi connectivity index (χ3n) is 5.53. The van der Waals surface area contributed by atoms with Crippen LogP contribution in [0.4, 0.5) is 0 Å². The van der Waals surface area contributed by atoms with Gasteiger partial charge in [-0.2, -0.15) is 5.10 Å². The Bertz CT molecular complexity index is 926. The minimum atomic E-state index is -0.509. The number of esters is 1. The lowest BCUT2D eigenvalue weighted by Crippen LogP contribution is -2.30. The Kier molecular flexibility index (Phi) is 7.44. The topological polar surface area (TPSA) is 73.2 Å². The third-order valence-corrected chi connectivity index (χ3v) is 5.53. The number of benzene rings is 1. The molecular weight excluding hydrogens is 378 g/mol. The van der Waals surface area contributed by atoms with Gasteiger partial charge in [-0.05, 0) is 58.4 Å². The van der Waals surface area contributed by atoms with E-state index in [0.717, 1.165) is 30.5 Å². The summed E-state index contributed by atoms with van der Waals surface area (Å²) in [7, 11) is 0. The Morgan fingerprint density at radius 3 is 2.60 bits per heavy atom. The average molecular weight is 410 g/mol. The fraction of sp³-hybridized carbons (Fsp3) is 0.458. The second-order valence-electron chi connectivity index (χ2n) is 7.97. The number of aryl methyl sites for hydroxylation is 2. The predicted octanol–water partition coefficient (Wildman–Crippen LogP) is 4.02. The van der Waals surface area contributed by atoms with Gasteiger partial charge in [-0.25, -0.2) is 4.79 Å². The first-order valence-electron chi connectivity index (χ1n) is 10.7. The van der Waals surface area contributed by atoms with Crippen molar-refractivity contribution in [3.8, 4) is 0 Å². The second-order valence-corrected chi connectivity index (χ2v) is 7.97. The molecule has 0 bridgehead atoms. The van der Waals surface area contributed by atoms with Crippen LogP contribution in [0.2, 0.25) is 0 Å². The first kappa shape index (κ1) is 21.8. The Labute approximate surface area is 178 Å². The Hall–Kier alpha value is -2.89. The molecule has 1 aliphatic rings. The maximum atomic E-state index is 12.6. The molecule has 0 saturated carbocycles. The molecule has 1 aromatic carbocycles. The second kappa shape index (κ2) is 10.2. The molecule has 1 amide bonds. The summed E-state index contributed by atoms with van der Waals surface area (Å²) >= 11 is 0. The van der Waals surface area contributed by atoms with Crippen LogP contribution in [0.25, 0.3) is 0 Å². The van der Waals surface area contributed by atoms with Crippen LogP contribution in [0.3, 0.4) is 0 Å². The highest BCUT2D eigenvalue weighted by Crippen LogP contribution is 2.19. The van der Waals surface area contributed by atoms with Gasteiger partial charge in [-0.1, -0.05) is 41.5 Å². The molecule has 6 heteroatoms. The minimum absolute atomic E-state index is 0.276. The largest absolute Gasteiger partial charge is 0.452 e. The zero-order valence-electron chi connectivity index (χ0n) is 18.2. The van der Waals surface area contributed by atoms with Gasteiger partial charge in [-0.3, -0.25) is 9.48 Å². The van der Waals surface area contributed by atoms with E-state index in [4.69, 9.17) is 4.74 Å². The van der Waals surface area contributed by atoms with Crippen LogP contribution in [0, 0.1) is 20.8 Å². The molecule has 0 spiro atoms. The fourth-order valence-corrected chi connectivity index (χ4v) is 3.76. The number of rotatable bonds is 8. The molecule has 2 aromatic rings. The highest BCUT2D eigenvalue weighted by Gasteiger charge is 2.21. The number of aromatic nitrogens is 2. The highest BCUT2D eigenvalue weighted by atomic mass is 16.5. The smallest absolute Gasteiger partial charge is 0.342 e. The van der Waals surface area contributed by atoms with E-state index in [1.165, 1.54) is 24.0 Å². The molecule has 0 unspecified atom stereocenters. The number of amides is 1. The van der Waals surface area contributed by atoms with E-state index in [9.17, 15) is 9.59 Å². The lowest BCUT2D eigenvalue weighted by atomic mass is 9.97. The third kappa shape index (κ3) is 5.81. The van der Waals surface area contributed by atoms with E-state index < -0.39 is 5.97 Å². The van der Waals surface area contributed by atoms with Crippen molar-refractivity contribution in [2.24, 2.45) is 0 Å². The van der Waals surface area contributed by atoms with Crippen molar-refractivity contribution in [1.29, 1.82) is 0 Å². The van der Waals surface area contributed by atoms with Crippen molar-refractivity contribution in [3.63, 3.8) is 0 Å². The van der Waals surface area contributed by atoms with Gasteiger partial charge in [0.05, 0.1) is 17.9 Å². The lowest BCUT2D eigenvalue weighted by molar-refractivity contribution is -0.124. The standard InChI is InChI=1S/C24H31N3O3/c1-17-9-11-21(12-10-17)15-27-19(3)23(18(2)26-27)24(29)30-16-22(28)25-14-13-20-7-5-4-6-8-20/h7,9-12H,4-6,8,13-16H2,1-3H3,(H,25,28). The van der Waals surface area contributed by atoms with Gasteiger partial charge >= 0.3 is 5.97 Å². The Balaban J connectivity index is 1.51. The maximum absolute atomic E-state index is 12.6. The van der Waals surface area contributed by atoms with E-state index in [0.29, 0.717) is 24.3 Å².